The van der Waals surface area contributed by atoms with E-state index in [9.17, 15) is 14.4 Å². The van der Waals surface area contributed by atoms with Gasteiger partial charge in [0.15, 0.2) is 0 Å². The van der Waals surface area contributed by atoms with Gasteiger partial charge in [-0.05, 0) is 18.6 Å². The van der Waals surface area contributed by atoms with E-state index in [-0.39, 0.29) is 12.2 Å². The predicted octanol–water partition coefficient (Wildman–Crippen LogP) is 0.562. The predicted molar refractivity (Wildman–Crippen MR) is 75.6 cm³/mol. The Hall–Kier alpha value is -2.70. The summed E-state index contributed by atoms with van der Waals surface area (Å²) in [4.78, 5) is 38.8. The summed E-state index contributed by atoms with van der Waals surface area (Å²) in [6, 6.07) is 5.78. The van der Waals surface area contributed by atoms with Crippen molar-refractivity contribution in [1.29, 1.82) is 0 Å². The number of carboxylic acids is 1. The summed E-state index contributed by atoms with van der Waals surface area (Å²) in [7, 11) is 0. The third-order valence-electron chi connectivity index (χ3n) is 2.95. The standard InChI is InChI=1S/C14H15N3O4/c1-2-7-16-8-6-12(18)17(14(16)21)9-10-4-3-5-11(15-10)13(19)20/h3-6,8H,2,7,9H2,1H3,(H,19,20). The van der Waals surface area contributed by atoms with Crippen LogP contribution in [0.5, 0.6) is 0 Å². The summed E-state index contributed by atoms with van der Waals surface area (Å²) in [6.07, 6.45) is 2.23. The highest BCUT2D eigenvalue weighted by Crippen LogP contribution is 2.00. The summed E-state index contributed by atoms with van der Waals surface area (Å²) >= 11 is 0. The smallest absolute Gasteiger partial charge is 0.354 e. The van der Waals surface area contributed by atoms with Crippen LogP contribution in [0.4, 0.5) is 0 Å². The molecule has 21 heavy (non-hydrogen) atoms. The molecule has 0 aliphatic heterocycles. The molecule has 0 saturated heterocycles. The molecule has 2 rings (SSSR count). The number of carboxylic acid groups (broad SMARTS) is 1. The van der Waals surface area contributed by atoms with Crippen molar-refractivity contribution < 1.29 is 9.90 Å². The van der Waals surface area contributed by atoms with Gasteiger partial charge in [-0.15, -0.1) is 0 Å². The van der Waals surface area contributed by atoms with Crippen molar-refractivity contribution in [3.05, 3.63) is 62.7 Å². The first kappa shape index (κ1) is 14.7. The van der Waals surface area contributed by atoms with Crippen molar-refractivity contribution in [3.8, 4) is 0 Å². The fourth-order valence-corrected chi connectivity index (χ4v) is 1.96. The zero-order valence-electron chi connectivity index (χ0n) is 11.5. The Bertz CT molecular complexity index is 776. The third-order valence-corrected chi connectivity index (χ3v) is 2.95. The molecule has 7 nitrogen and oxygen atoms in total. The SMILES string of the molecule is CCCn1ccc(=O)n(Cc2cccc(C(=O)O)n2)c1=O. The van der Waals surface area contributed by atoms with E-state index in [0.29, 0.717) is 12.2 Å². The van der Waals surface area contributed by atoms with Gasteiger partial charge < -0.3 is 9.67 Å². The maximum Gasteiger partial charge on any atom is 0.354 e. The molecular weight excluding hydrogens is 274 g/mol. The summed E-state index contributed by atoms with van der Waals surface area (Å²) in [5.41, 5.74) is -0.629. The van der Waals surface area contributed by atoms with Gasteiger partial charge in [0.25, 0.3) is 5.56 Å². The molecule has 2 heterocycles. The first-order valence-electron chi connectivity index (χ1n) is 6.52. The van der Waals surface area contributed by atoms with Crippen molar-refractivity contribution in [3.63, 3.8) is 0 Å². The topological polar surface area (TPSA) is 94.2 Å². The molecular formula is C14H15N3O4. The molecule has 0 bridgehead atoms. The minimum Gasteiger partial charge on any atom is -0.477 e. The molecule has 0 unspecified atom stereocenters. The fraction of sp³-hybridized carbons (Fsp3) is 0.286. The van der Waals surface area contributed by atoms with E-state index < -0.39 is 17.2 Å². The summed E-state index contributed by atoms with van der Waals surface area (Å²) < 4.78 is 2.49. The Kier molecular flexibility index (Phi) is 4.32. The average molecular weight is 289 g/mol. The molecule has 0 saturated carbocycles. The lowest BCUT2D eigenvalue weighted by Gasteiger charge is -2.09. The largest absolute Gasteiger partial charge is 0.477 e. The van der Waals surface area contributed by atoms with Gasteiger partial charge in [-0.3, -0.25) is 9.36 Å². The molecule has 2 aromatic heterocycles. The van der Waals surface area contributed by atoms with E-state index in [4.69, 9.17) is 5.11 Å². The maximum absolute atomic E-state index is 12.2. The lowest BCUT2D eigenvalue weighted by Crippen LogP contribution is -2.39. The van der Waals surface area contributed by atoms with Crippen molar-refractivity contribution in [2.45, 2.75) is 26.4 Å². The number of carbonyl (C=O) groups is 1. The maximum atomic E-state index is 12.2. The highest BCUT2D eigenvalue weighted by Gasteiger charge is 2.09. The molecule has 2 aromatic rings. The van der Waals surface area contributed by atoms with E-state index in [1.165, 1.54) is 29.0 Å². The quantitative estimate of drug-likeness (QED) is 0.868. The van der Waals surface area contributed by atoms with Crippen molar-refractivity contribution in [2.24, 2.45) is 0 Å². The second-order valence-corrected chi connectivity index (χ2v) is 4.54. The van der Waals surface area contributed by atoms with Gasteiger partial charge in [0.2, 0.25) is 0 Å². The van der Waals surface area contributed by atoms with Crippen molar-refractivity contribution in [1.82, 2.24) is 14.1 Å². The van der Waals surface area contributed by atoms with E-state index in [1.54, 1.807) is 6.07 Å². The summed E-state index contributed by atoms with van der Waals surface area (Å²) in [6.45, 7) is 2.39. The minimum atomic E-state index is -1.15. The summed E-state index contributed by atoms with van der Waals surface area (Å²) in [5, 5.41) is 8.90. The van der Waals surface area contributed by atoms with Crippen molar-refractivity contribution >= 4 is 5.97 Å². The first-order chi connectivity index (χ1) is 10.0. The zero-order valence-corrected chi connectivity index (χ0v) is 11.5. The molecule has 0 aliphatic rings. The highest BCUT2D eigenvalue weighted by atomic mass is 16.4. The molecule has 0 radical (unpaired) electrons. The molecule has 0 fully saturated rings. The lowest BCUT2D eigenvalue weighted by molar-refractivity contribution is 0.0690. The van der Waals surface area contributed by atoms with Gasteiger partial charge in [0.05, 0.1) is 12.2 Å². The Morgan fingerprint density at radius 3 is 2.71 bits per heavy atom. The average Bonchev–Trinajstić information content (AvgIpc) is 2.47. The number of hydrogen-bond donors (Lipinski definition) is 1. The molecule has 0 amide bonds. The monoisotopic (exact) mass is 289 g/mol. The molecule has 0 spiro atoms. The van der Waals surface area contributed by atoms with E-state index >= 15 is 0 Å². The van der Waals surface area contributed by atoms with Crippen LogP contribution in [0.15, 0.2) is 40.1 Å². The number of aryl methyl sites for hydroxylation is 1. The molecule has 0 atom stereocenters. The van der Waals surface area contributed by atoms with Gasteiger partial charge in [-0.25, -0.2) is 14.6 Å². The summed E-state index contributed by atoms with van der Waals surface area (Å²) in [5.74, 6) is -1.15. The number of rotatable bonds is 5. The first-order valence-corrected chi connectivity index (χ1v) is 6.52. The normalized spacial score (nSPS) is 10.5. The van der Waals surface area contributed by atoms with Gasteiger partial charge in [0, 0.05) is 18.8 Å². The van der Waals surface area contributed by atoms with Crippen LogP contribution < -0.4 is 11.2 Å². The van der Waals surface area contributed by atoms with Crippen LogP contribution in [0, 0.1) is 0 Å². The van der Waals surface area contributed by atoms with Crippen LogP contribution in [0.2, 0.25) is 0 Å². The highest BCUT2D eigenvalue weighted by molar-refractivity contribution is 5.85. The fourth-order valence-electron chi connectivity index (χ4n) is 1.96. The van der Waals surface area contributed by atoms with Gasteiger partial charge in [0.1, 0.15) is 5.69 Å². The number of aromatic nitrogens is 3. The Balaban J connectivity index is 2.42. The molecule has 0 aliphatic carbocycles. The third kappa shape index (κ3) is 3.25. The van der Waals surface area contributed by atoms with Crippen LogP contribution in [-0.4, -0.2) is 25.2 Å². The second kappa shape index (κ2) is 6.17. The Labute approximate surface area is 120 Å². The minimum absolute atomic E-state index is 0.0522. The Morgan fingerprint density at radius 2 is 2.05 bits per heavy atom. The van der Waals surface area contributed by atoms with Crippen LogP contribution >= 0.6 is 0 Å². The van der Waals surface area contributed by atoms with Gasteiger partial charge >= 0.3 is 11.7 Å². The van der Waals surface area contributed by atoms with E-state index in [2.05, 4.69) is 4.98 Å². The van der Waals surface area contributed by atoms with E-state index in [0.717, 1.165) is 11.0 Å². The number of hydrogen-bond acceptors (Lipinski definition) is 4. The Morgan fingerprint density at radius 1 is 1.29 bits per heavy atom. The second-order valence-electron chi connectivity index (χ2n) is 4.54. The van der Waals surface area contributed by atoms with Crippen LogP contribution in [0.1, 0.15) is 29.5 Å². The van der Waals surface area contributed by atoms with E-state index in [1.807, 2.05) is 6.92 Å². The number of aromatic carboxylic acids is 1. The van der Waals surface area contributed by atoms with Crippen LogP contribution in [0.25, 0.3) is 0 Å². The van der Waals surface area contributed by atoms with Crippen molar-refractivity contribution in [2.75, 3.05) is 0 Å². The molecule has 7 heteroatoms. The van der Waals surface area contributed by atoms with Gasteiger partial charge in [-0.1, -0.05) is 13.0 Å². The lowest BCUT2D eigenvalue weighted by atomic mass is 10.3. The zero-order chi connectivity index (χ0) is 15.4. The van der Waals surface area contributed by atoms with Crippen LogP contribution in [-0.2, 0) is 13.1 Å². The van der Waals surface area contributed by atoms with Crippen LogP contribution in [0.3, 0.4) is 0 Å². The number of nitrogens with zero attached hydrogens (tertiary/aromatic N) is 3. The van der Waals surface area contributed by atoms with Gasteiger partial charge in [-0.2, -0.15) is 0 Å². The molecule has 1 N–H and O–H groups in total. The molecule has 110 valence electrons. The molecule has 0 aromatic carbocycles. The number of pyridine rings is 1.